The summed E-state index contributed by atoms with van der Waals surface area (Å²) < 4.78 is 27.6. The molecule has 2 aliphatic rings. The minimum absolute atomic E-state index is 0.0636. The largest absolute Gasteiger partial charge is 0.356 e. The number of anilines is 1. The summed E-state index contributed by atoms with van der Waals surface area (Å²) in [7, 11) is 0. The lowest BCUT2D eigenvalue weighted by Crippen LogP contribution is -2.51. The number of rotatable bonds is 4. The standard InChI is InChI=1S/C21H24F2N8O/c22-20(23)15-3-4-18-25-11-17(31(18)28-15)16-10-19(27-13-26-16)30-7-1-2-14(12-30)21(32)29-8-5-24-6-9-29/h3-4,10-11,13-14,20,24H,1-2,5-9,12H2. The van der Waals surface area contributed by atoms with Gasteiger partial charge in [-0.1, -0.05) is 0 Å². The Morgan fingerprint density at radius 1 is 1.12 bits per heavy atom. The van der Waals surface area contributed by atoms with Crippen LogP contribution in [0.25, 0.3) is 17.0 Å². The molecule has 3 aromatic rings. The summed E-state index contributed by atoms with van der Waals surface area (Å²) in [4.78, 5) is 30.0. The van der Waals surface area contributed by atoms with Crippen molar-refractivity contribution >= 4 is 17.4 Å². The number of alkyl halides is 2. The topological polar surface area (TPSA) is 91.5 Å². The van der Waals surface area contributed by atoms with Gasteiger partial charge in [-0.3, -0.25) is 4.79 Å². The zero-order valence-electron chi connectivity index (χ0n) is 17.5. The first kappa shape index (κ1) is 20.7. The van der Waals surface area contributed by atoms with Crippen molar-refractivity contribution in [3.05, 3.63) is 36.4 Å². The van der Waals surface area contributed by atoms with Crippen molar-refractivity contribution in [2.24, 2.45) is 5.92 Å². The average Bonchev–Trinajstić information content (AvgIpc) is 3.27. The molecular weight excluding hydrogens is 418 g/mol. The molecule has 0 spiro atoms. The summed E-state index contributed by atoms with van der Waals surface area (Å²) in [6.45, 7) is 4.54. The van der Waals surface area contributed by atoms with Crippen molar-refractivity contribution in [2.45, 2.75) is 19.3 Å². The Morgan fingerprint density at radius 3 is 2.78 bits per heavy atom. The third kappa shape index (κ3) is 3.99. The molecule has 3 aromatic heterocycles. The number of piperazine rings is 1. The number of hydrogen-bond acceptors (Lipinski definition) is 7. The number of fused-ring (bicyclic) bond motifs is 1. The molecule has 5 heterocycles. The minimum Gasteiger partial charge on any atom is -0.356 e. The van der Waals surface area contributed by atoms with E-state index in [1.54, 1.807) is 12.3 Å². The Kier molecular flexibility index (Phi) is 5.64. The monoisotopic (exact) mass is 442 g/mol. The van der Waals surface area contributed by atoms with E-state index in [0.29, 0.717) is 29.4 Å². The van der Waals surface area contributed by atoms with Crippen LogP contribution in [0, 0.1) is 5.92 Å². The van der Waals surface area contributed by atoms with Crippen LogP contribution >= 0.6 is 0 Å². The molecule has 0 radical (unpaired) electrons. The van der Waals surface area contributed by atoms with Gasteiger partial charge in [0.2, 0.25) is 5.91 Å². The maximum atomic E-state index is 13.1. The van der Waals surface area contributed by atoms with Crippen LogP contribution in [0.4, 0.5) is 14.6 Å². The Morgan fingerprint density at radius 2 is 1.97 bits per heavy atom. The van der Waals surface area contributed by atoms with Gasteiger partial charge in [-0.25, -0.2) is 28.2 Å². The summed E-state index contributed by atoms with van der Waals surface area (Å²) in [5, 5.41) is 7.29. The number of hydrogen-bond donors (Lipinski definition) is 1. The lowest BCUT2D eigenvalue weighted by molar-refractivity contribution is -0.136. The average molecular weight is 442 g/mol. The number of amides is 1. The zero-order valence-corrected chi connectivity index (χ0v) is 17.5. The molecule has 168 valence electrons. The predicted octanol–water partition coefficient (Wildman–Crippen LogP) is 1.77. The molecule has 0 bridgehead atoms. The Balaban J connectivity index is 1.39. The number of carbonyl (C=O) groups is 1. The molecule has 11 heteroatoms. The highest BCUT2D eigenvalue weighted by molar-refractivity contribution is 5.80. The molecule has 2 saturated heterocycles. The summed E-state index contributed by atoms with van der Waals surface area (Å²) in [5.41, 5.74) is 1.19. The van der Waals surface area contributed by atoms with Crippen LogP contribution in [0.2, 0.25) is 0 Å². The van der Waals surface area contributed by atoms with Gasteiger partial charge in [0, 0.05) is 45.3 Å². The molecule has 32 heavy (non-hydrogen) atoms. The second-order valence-corrected chi connectivity index (χ2v) is 8.09. The summed E-state index contributed by atoms with van der Waals surface area (Å²) in [6, 6.07) is 4.58. The van der Waals surface area contributed by atoms with Crippen molar-refractivity contribution < 1.29 is 13.6 Å². The van der Waals surface area contributed by atoms with Gasteiger partial charge in [0.05, 0.1) is 17.8 Å². The van der Waals surface area contributed by atoms with Crippen molar-refractivity contribution in [3.8, 4) is 11.4 Å². The number of halogens is 2. The highest BCUT2D eigenvalue weighted by Gasteiger charge is 2.30. The second-order valence-electron chi connectivity index (χ2n) is 8.09. The molecule has 1 atom stereocenters. The van der Waals surface area contributed by atoms with Gasteiger partial charge >= 0.3 is 0 Å². The molecule has 2 fully saturated rings. The van der Waals surface area contributed by atoms with Crippen LogP contribution in [-0.2, 0) is 4.79 Å². The van der Waals surface area contributed by atoms with E-state index in [1.165, 1.54) is 23.0 Å². The summed E-state index contributed by atoms with van der Waals surface area (Å²) in [6.07, 6.45) is 2.11. The maximum absolute atomic E-state index is 13.1. The van der Waals surface area contributed by atoms with E-state index in [2.05, 4.69) is 30.3 Å². The van der Waals surface area contributed by atoms with Crippen molar-refractivity contribution in [1.29, 1.82) is 0 Å². The first-order chi connectivity index (χ1) is 15.6. The fraction of sp³-hybridized carbons (Fsp3) is 0.476. The number of piperidine rings is 1. The van der Waals surface area contributed by atoms with E-state index in [0.717, 1.165) is 45.6 Å². The van der Waals surface area contributed by atoms with E-state index < -0.39 is 6.43 Å². The van der Waals surface area contributed by atoms with Gasteiger partial charge in [0.1, 0.15) is 23.5 Å². The normalized spacial score (nSPS) is 19.7. The van der Waals surface area contributed by atoms with Crippen LogP contribution in [-0.4, -0.2) is 74.6 Å². The molecular formula is C21H24F2N8O. The Bertz CT molecular complexity index is 1110. The zero-order chi connectivity index (χ0) is 22.1. The summed E-state index contributed by atoms with van der Waals surface area (Å²) in [5.74, 6) is 0.843. The van der Waals surface area contributed by atoms with Gasteiger partial charge < -0.3 is 15.1 Å². The van der Waals surface area contributed by atoms with E-state index in [1.807, 2.05) is 4.90 Å². The van der Waals surface area contributed by atoms with Crippen LogP contribution in [0.15, 0.2) is 30.7 Å². The molecule has 0 aliphatic carbocycles. The lowest BCUT2D eigenvalue weighted by atomic mass is 9.96. The molecule has 5 rings (SSSR count). The van der Waals surface area contributed by atoms with E-state index in [9.17, 15) is 13.6 Å². The van der Waals surface area contributed by atoms with E-state index in [-0.39, 0.29) is 17.5 Å². The molecule has 9 nitrogen and oxygen atoms in total. The van der Waals surface area contributed by atoms with E-state index >= 15 is 0 Å². The van der Waals surface area contributed by atoms with Gasteiger partial charge in [-0.05, 0) is 25.0 Å². The van der Waals surface area contributed by atoms with Crippen LogP contribution in [0.5, 0.6) is 0 Å². The SMILES string of the molecule is O=C(C1CCCN(c2cc(-c3cnc4ccc(C(F)F)nn34)ncn2)C1)N1CCNCC1. The fourth-order valence-electron chi connectivity index (χ4n) is 4.37. The Hall–Kier alpha value is -3.21. The van der Waals surface area contributed by atoms with Gasteiger partial charge in [0.15, 0.2) is 5.65 Å². The first-order valence-corrected chi connectivity index (χ1v) is 10.8. The highest BCUT2D eigenvalue weighted by Crippen LogP contribution is 2.27. The molecule has 0 saturated carbocycles. The quantitative estimate of drug-likeness (QED) is 0.659. The third-order valence-electron chi connectivity index (χ3n) is 6.04. The van der Waals surface area contributed by atoms with Gasteiger partial charge in [-0.2, -0.15) is 5.10 Å². The molecule has 0 aromatic carbocycles. The predicted molar refractivity (Wildman–Crippen MR) is 113 cm³/mol. The fourth-order valence-corrected chi connectivity index (χ4v) is 4.37. The number of imidazole rings is 1. The molecule has 1 N–H and O–H groups in total. The molecule has 2 aliphatic heterocycles. The molecule has 1 amide bonds. The number of aromatic nitrogens is 5. The third-order valence-corrected chi connectivity index (χ3v) is 6.04. The lowest BCUT2D eigenvalue weighted by Gasteiger charge is -2.36. The highest BCUT2D eigenvalue weighted by atomic mass is 19.3. The maximum Gasteiger partial charge on any atom is 0.282 e. The second kappa shape index (κ2) is 8.73. The summed E-state index contributed by atoms with van der Waals surface area (Å²) >= 11 is 0. The van der Waals surface area contributed by atoms with Gasteiger partial charge in [0.25, 0.3) is 6.43 Å². The van der Waals surface area contributed by atoms with E-state index in [4.69, 9.17) is 0 Å². The van der Waals surface area contributed by atoms with Crippen LogP contribution in [0.3, 0.4) is 0 Å². The minimum atomic E-state index is -2.67. The van der Waals surface area contributed by atoms with Crippen molar-refractivity contribution in [1.82, 2.24) is 34.8 Å². The number of nitrogens with one attached hydrogen (secondary N) is 1. The van der Waals surface area contributed by atoms with Crippen molar-refractivity contribution in [2.75, 3.05) is 44.2 Å². The van der Waals surface area contributed by atoms with Crippen LogP contribution in [0.1, 0.15) is 25.0 Å². The van der Waals surface area contributed by atoms with Crippen molar-refractivity contribution in [3.63, 3.8) is 0 Å². The molecule has 1 unspecified atom stereocenters. The smallest absolute Gasteiger partial charge is 0.282 e. The Labute approximate surface area is 183 Å². The number of nitrogens with zero attached hydrogens (tertiary/aromatic N) is 7. The van der Waals surface area contributed by atoms with Gasteiger partial charge in [-0.15, -0.1) is 0 Å². The number of carbonyl (C=O) groups excluding carboxylic acids is 1. The van der Waals surface area contributed by atoms with Crippen LogP contribution < -0.4 is 10.2 Å². The first-order valence-electron chi connectivity index (χ1n) is 10.8.